The lowest BCUT2D eigenvalue weighted by Gasteiger charge is -2.36. The molecule has 0 atom stereocenters. The lowest BCUT2D eigenvalue weighted by Crippen LogP contribution is -2.48. The van der Waals surface area contributed by atoms with E-state index in [1.54, 1.807) is 17.9 Å². The summed E-state index contributed by atoms with van der Waals surface area (Å²) in [4.78, 5) is 24.6. The molecular weight excluding hydrogens is 434 g/mol. The molecule has 170 valence electrons. The molecule has 0 unspecified atom stereocenters. The van der Waals surface area contributed by atoms with E-state index < -0.39 is 20.5 Å². The largest absolute Gasteiger partial charge is 0.441 e. The second-order valence-electron chi connectivity index (χ2n) is 8.42. The van der Waals surface area contributed by atoms with E-state index in [0.29, 0.717) is 37.1 Å². The van der Waals surface area contributed by atoms with E-state index in [1.165, 1.54) is 16.4 Å². The second kappa shape index (κ2) is 8.51. The van der Waals surface area contributed by atoms with Gasteiger partial charge in [0.1, 0.15) is 5.60 Å². The predicted octanol–water partition coefficient (Wildman–Crippen LogP) is 3.22. The molecule has 2 aromatic rings. The van der Waals surface area contributed by atoms with Crippen LogP contribution in [0.5, 0.6) is 0 Å². The van der Waals surface area contributed by atoms with Crippen molar-refractivity contribution in [3.63, 3.8) is 0 Å². The minimum atomic E-state index is -3.67. The van der Waals surface area contributed by atoms with Gasteiger partial charge in [0.25, 0.3) is 5.69 Å². The summed E-state index contributed by atoms with van der Waals surface area (Å²) in [6.07, 6.45) is 0.450. The molecule has 0 saturated carbocycles. The summed E-state index contributed by atoms with van der Waals surface area (Å²) in [5.74, 6) is -0.298. The molecule has 2 aromatic carbocycles. The highest BCUT2D eigenvalue weighted by molar-refractivity contribution is 7.88. The smallest absolute Gasteiger partial charge is 0.410 e. The van der Waals surface area contributed by atoms with Gasteiger partial charge in [0.15, 0.2) is 0 Å². The summed E-state index contributed by atoms with van der Waals surface area (Å²) in [7, 11) is -3.67. The molecule has 2 fully saturated rings. The number of carbonyl (C=O) groups excluding carboxylic acids is 1. The predicted molar refractivity (Wildman–Crippen MR) is 117 cm³/mol. The number of ether oxygens (including phenoxy) is 1. The number of hydrogen-bond acceptors (Lipinski definition) is 6. The molecule has 4 rings (SSSR count). The van der Waals surface area contributed by atoms with Gasteiger partial charge in [-0.15, -0.1) is 0 Å². The van der Waals surface area contributed by atoms with Crippen LogP contribution in [0.25, 0.3) is 0 Å². The maximum atomic E-state index is 13.0. The molecule has 2 heterocycles. The Morgan fingerprint density at radius 2 is 1.81 bits per heavy atom. The van der Waals surface area contributed by atoms with Crippen molar-refractivity contribution in [1.82, 2.24) is 9.21 Å². The molecule has 0 aliphatic carbocycles. The van der Waals surface area contributed by atoms with Crippen molar-refractivity contribution in [2.75, 3.05) is 19.6 Å². The van der Waals surface area contributed by atoms with Crippen LogP contribution in [0.1, 0.15) is 29.5 Å². The van der Waals surface area contributed by atoms with E-state index in [1.807, 2.05) is 30.3 Å². The Labute approximate surface area is 186 Å². The zero-order chi connectivity index (χ0) is 22.9. The summed E-state index contributed by atoms with van der Waals surface area (Å²) in [6, 6.07) is 13.9. The van der Waals surface area contributed by atoms with E-state index in [9.17, 15) is 23.3 Å². The number of nitro benzene ring substituents is 1. The van der Waals surface area contributed by atoms with Crippen LogP contribution in [0, 0.1) is 17.0 Å². The Morgan fingerprint density at radius 1 is 1.12 bits per heavy atom. The van der Waals surface area contributed by atoms with E-state index in [2.05, 4.69) is 0 Å². The number of nitro groups is 1. The van der Waals surface area contributed by atoms with E-state index in [0.717, 1.165) is 5.56 Å². The van der Waals surface area contributed by atoms with E-state index in [4.69, 9.17) is 4.74 Å². The van der Waals surface area contributed by atoms with Crippen molar-refractivity contribution in [3.05, 3.63) is 75.3 Å². The van der Waals surface area contributed by atoms with Crippen LogP contribution in [0.2, 0.25) is 0 Å². The fraction of sp³-hybridized carbons (Fsp3) is 0.409. The summed E-state index contributed by atoms with van der Waals surface area (Å²) in [5.41, 5.74) is 1.30. The molecular formula is C22H25N3O6S. The molecule has 2 aliphatic heterocycles. The second-order valence-corrected chi connectivity index (χ2v) is 10.4. The first-order valence-corrected chi connectivity index (χ1v) is 12.0. The number of aryl methyl sites for hydroxylation is 1. The fourth-order valence-electron chi connectivity index (χ4n) is 4.27. The number of hydrogen-bond donors (Lipinski definition) is 0. The van der Waals surface area contributed by atoms with Gasteiger partial charge in [-0.05, 0) is 23.6 Å². The highest BCUT2D eigenvalue weighted by Crippen LogP contribution is 2.35. The highest BCUT2D eigenvalue weighted by atomic mass is 32.2. The van der Waals surface area contributed by atoms with Gasteiger partial charge >= 0.3 is 6.09 Å². The van der Waals surface area contributed by atoms with Crippen molar-refractivity contribution < 1.29 is 22.9 Å². The van der Waals surface area contributed by atoms with Crippen LogP contribution in [-0.2, 0) is 27.1 Å². The quantitative estimate of drug-likeness (QED) is 0.485. The van der Waals surface area contributed by atoms with Gasteiger partial charge in [0.2, 0.25) is 10.0 Å². The molecule has 0 aromatic heterocycles. The third-order valence-electron chi connectivity index (χ3n) is 6.17. The molecule has 0 bridgehead atoms. The number of benzene rings is 2. The third-order valence-corrected chi connectivity index (χ3v) is 7.99. The molecule has 9 nitrogen and oxygen atoms in total. The van der Waals surface area contributed by atoms with Crippen LogP contribution in [0.4, 0.5) is 10.5 Å². The SMILES string of the molecule is Cc1ccc([N+](=O)[O-])cc1CS(=O)(=O)N1CCC2(CC1)CN(Cc1ccccc1)C(=O)O2. The average molecular weight is 460 g/mol. The number of carbonyl (C=O) groups is 1. The summed E-state index contributed by atoms with van der Waals surface area (Å²) < 4.78 is 33.1. The Kier molecular flexibility index (Phi) is 5.91. The van der Waals surface area contributed by atoms with Gasteiger partial charge in [-0.2, -0.15) is 0 Å². The minimum Gasteiger partial charge on any atom is -0.441 e. The molecule has 32 heavy (non-hydrogen) atoms. The maximum Gasteiger partial charge on any atom is 0.410 e. The van der Waals surface area contributed by atoms with Crippen molar-refractivity contribution in [2.45, 2.75) is 37.7 Å². The third kappa shape index (κ3) is 4.61. The molecule has 1 amide bonds. The summed E-state index contributed by atoms with van der Waals surface area (Å²) in [5, 5.41) is 11.0. The molecule has 2 aliphatic rings. The van der Waals surface area contributed by atoms with Crippen LogP contribution in [-0.4, -0.2) is 53.9 Å². The molecule has 0 radical (unpaired) electrons. The average Bonchev–Trinajstić information content (AvgIpc) is 3.04. The zero-order valence-corrected chi connectivity index (χ0v) is 18.6. The van der Waals surface area contributed by atoms with Gasteiger partial charge in [0, 0.05) is 44.6 Å². The van der Waals surface area contributed by atoms with Crippen molar-refractivity contribution >= 4 is 21.8 Å². The first-order valence-electron chi connectivity index (χ1n) is 10.4. The van der Waals surface area contributed by atoms with Gasteiger partial charge in [0.05, 0.1) is 17.2 Å². The van der Waals surface area contributed by atoms with Crippen molar-refractivity contribution in [2.24, 2.45) is 0 Å². The Morgan fingerprint density at radius 3 is 2.47 bits per heavy atom. The van der Waals surface area contributed by atoms with Crippen LogP contribution in [0.3, 0.4) is 0 Å². The monoisotopic (exact) mass is 459 g/mol. The van der Waals surface area contributed by atoms with E-state index in [-0.39, 0.29) is 30.6 Å². The molecule has 10 heteroatoms. The number of piperidine rings is 1. The van der Waals surface area contributed by atoms with Gasteiger partial charge in [-0.3, -0.25) is 15.0 Å². The normalized spacial score (nSPS) is 18.7. The molecule has 0 N–H and O–H groups in total. The zero-order valence-electron chi connectivity index (χ0n) is 17.8. The Balaban J connectivity index is 1.40. The molecule has 2 saturated heterocycles. The Bertz CT molecular complexity index is 1130. The van der Waals surface area contributed by atoms with Gasteiger partial charge in [-0.1, -0.05) is 36.4 Å². The lowest BCUT2D eigenvalue weighted by atomic mass is 9.92. The number of nitrogens with zero attached hydrogens (tertiary/aromatic N) is 3. The fourth-order valence-corrected chi connectivity index (χ4v) is 5.89. The van der Waals surface area contributed by atoms with Crippen molar-refractivity contribution in [1.29, 1.82) is 0 Å². The highest BCUT2D eigenvalue weighted by Gasteiger charge is 2.48. The number of amides is 1. The standard InChI is InChI=1S/C22H25N3O6S/c1-17-7-8-20(25(27)28)13-19(17)15-32(29,30)24-11-9-22(10-12-24)16-23(21(26)31-22)14-18-5-3-2-4-6-18/h2-8,13H,9-12,14-16H2,1H3. The first-order chi connectivity index (χ1) is 15.2. The van der Waals surface area contributed by atoms with E-state index >= 15 is 0 Å². The van der Waals surface area contributed by atoms with Gasteiger partial charge in [-0.25, -0.2) is 17.5 Å². The van der Waals surface area contributed by atoms with Crippen LogP contribution < -0.4 is 0 Å². The topological polar surface area (TPSA) is 110 Å². The summed E-state index contributed by atoms with van der Waals surface area (Å²) in [6.45, 7) is 3.10. The maximum absolute atomic E-state index is 13.0. The van der Waals surface area contributed by atoms with Crippen LogP contribution >= 0.6 is 0 Å². The lowest BCUT2D eigenvalue weighted by molar-refractivity contribution is -0.384. The first kappa shape index (κ1) is 22.2. The molecule has 1 spiro atoms. The Hall–Kier alpha value is -2.98. The summed E-state index contributed by atoms with van der Waals surface area (Å²) >= 11 is 0. The van der Waals surface area contributed by atoms with Gasteiger partial charge < -0.3 is 4.74 Å². The minimum absolute atomic E-state index is 0.130. The van der Waals surface area contributed by atoms with Crippen LogP contribution in [0.15, 0.2) is 48.5 Å². The number of sulfonamides is 1. The number of non-ortho nitro benzene ring substituents is 1. The van der Waals surface area contributed by atoms with Crippen molar-refractivity contribution in [3.8, 4) is 0 Å². The number of rotatable bonds is 6.